The van der Waals surface area contributed by atoms with Gasteiger partial charge < -0.3 is 4.74 Å². The molecule has 0 aromatic heterocycles. The van der Waals surface area contributed by atoms with Gasteiger partial charge >= 0.3 is 0 Å². The van der Waals surface area contributed by atoms with Crippen LogP contribution < -0.4 is 4.72 Å². The maximum Gasteiger partial charge on any atom is 0.215 e. The first kappa shape index (κ1) is 18.4. The molecule has 6 heteroatoms. The minimum Gasteiger partial charge on any atom is -0.381 e. The van der Waals surface area contributed by atoms with Gasteiger partial charge in [0.25, 0.3) is 0 Å². The third-order valence-electron chi connectivity index (χ3n) is 4.74. The Labute approximate surface area is 154 Å². The zero-order valence-electron chi connectivity index (χ0n) is 13.9. The molecule has 0 saturated carbocycles. The number of ether oxygens (including phenoxy) is 1. The first-order chi connectivity index (χ1) is 12.0. The number of halogens is 1. The summed E-state index contributed by atoms with van der Waals surface area (Å²) >= 11 is 5.85. The normalized spacial score (nSPS) is 17.3. The van der Waals surface area contributed by atoms with E-state index in [1.54, 1.807) is 24.3 Å². The highest BCUT2D eigenvalue weighted by atomic mass is 35.5. The van der Waals surface area contributed by atoms with Crippen molar-refractivity contribution in [3.63, 3.8) is 0 Å². The van der Waals surface area contributed by atoms with Crippen molar-refractivity contribution >= 4 is 21.6 Å². The largest absolute Gasteiger partial charge is 0.381 e. The summed E-state index contributed by atoms with van der Waals surface area (Å²) in [6.07, 6.45) is 1.61. The molecule has 0 amide bonds. The molecule has 0 radical (unpaired) electrons. The molecule has 134 valence electrons. The van der Waals surface area contributed by atoms with Crippen LogP contribution in [0.25, 0.3) is 0 Å². The Morgan fingerprint density at radius 3 is 2.28 bits per heavy atom. The molecule has 1 heterocycles. The molecule has 0 bridgehead atoms. The molecule has 2 aromatic rings. The summed E-state index contributed by atoms with van der Waals surface area (Å²) in [4.78, 5) is 0. The van der Waals surface area contributed by atoms with Crippen molar-refractivity contribution in [1.29, 1.82) is 0 Å². The van der Waals surface area contributed by atoms with Crippen LogP contribution in [0.3, 0.4) is 0 Å². The molecule has 1 N–H and O–H groups in total. The summed E-state index contributed by atoms with van der Waals surface area (Å²) in [5, 5.41) is 0.597. The van der Waals surface area contributed by atoms with Gasteiger partial charge in [0.2, 0.25) is 10.0 Å². The Hall–Kier alpha value is -1.40. The minimum atomic E-state index is -3.43. The zero-order valence-corrected chi connectivity index (χ0v) is 15.5. The summed E-state index contributed by atoms with van der Waals surface area (Å²) in [5.74, 6) is -0.0501. The first-order valence-corrected chi connectivity index (χ1v) is 10.4. The second-order valence-electron chi connectivity index (χ2n) is 6.47. The van der Waals surface area contributed by atoms with Crippen LogP contribution in [-0.4, -0.2) is 28.2 Å². The van der Waals surface area contributed by atoms with Crippen molar-refractivity contribution in [2.24, 2.45) is 0 Å². The van der Waals surface area contributed by atoms with Crippen molar-refractivity contribution < 1.29 is 13.2 Å². The Morgan fingerprint density at radius 2 is 1.64 bits per heavy atom. The quantitative estimate of drug-likeness (QED) is 0.835. The predicted octanol–water partition coefficient (Wildman–Crippen LogP) is 3.51. The van der Waals surface area contributed by atoms with E-state index in [-0.39, 0.29) is 11.2 Å². The summed E-state index contributed by atoms with van der Waals surface area (Å²) in [6, 6.07) is 17.0. The van der Waals surface area contributed by atoms with Gasteiger partial charge in [0.15, 0.2) is 0 Å². The average Bonchev–Trinajstić information content (AvgIpc) is 2.64. The summed E-state index contributed by atoms with van der Waals surface area (Å²) in [5.41, 5.74) is 1.66. The molecule has 4 nitrogen and oxygen atoms in total. The molecule has 1 aliphatic heterocycles. The van der Waals surface area contributed by atoms with Crippen molar-refractivity contribution in [3.05, 3.63) is 70.7 Å². The number of hydrogen-bond acceptors (Lipinski definition) is 3. The molecule has 0 unspecified atom stereocenters. The van der Waals surface area contributed by atoms with E-state index in [4.69, 9.17) is 16.3 Å². The second kappa shape index (κ2) is 7.87. The van der Waals surface area contributed by atoms with Crippen LogP contribution in [0.5, 0.6) is 0 Å². The van der Waals surface area contributed by atoms with Crippen LogP contribution in [0.4, 0.5) is 0 Å². The molecule has 0 aliphatic carbocycles. The van der Waals surface area contributed by atoms with Crippen LogP contribution in [0.2, 0.25) is 5.02 Å². The van der Waals surface area contributed by atoms with Gasteiger partial charge in [-0.05, 0) is 36.1 Å². The Morgan fingerprint density at radius 1 is 1.00 bits per heavy atom. The number of benzene rings is 2. The first-order valence-electron chi connectivity index (χ1n) is 8.34. The number of nitrogens with one attached hydrogen (secondary N) is 1. The molecular weight excluding hydrogens is 358 g/mol. The van der Waals surface area contributed by atoms with E-state index < -0.39 is 10.0 Å². The van der Waals surface area contributed by atoms with Gasteiger partial charge in [-0.25, -0.2) is 13.1 Å². The summed E-state index contributed by atoms with van der Waals surface area (Å²) < 4.78 is 33.4. The molecule has 2 aromatic carbocycles. The van der Waals surface area contributed by atoms with Crippen molar-refractivity contribution in [3.8, 4) is 0 Å². The topological polar surface area (TPSA) is 55.4 Å². The van der Waals surface area contributed by atoms with Crippen LogP contribution >= 0.6 is 11.6 Å². The maximum atomic E-state index is 12.5. The van der Waals surface area contributed by atoms with Crippen molar-refractivity contribution in [2.75, 3.05) is 19.8 Å². The summed E-state index contributed by atoms with van der Waals surface area (Å²) in [6.45, 7) is 1.68. The van der Waals surface area contributed by atoms with E-state index >= 15 is 0 Å². The molecule has 1 aliphatic rings. The number of sulfonamides is 1. The zero-order chi connectivity index (χ0) is 17.8. The van der Waals surface area contributed by atoms with Crippen LogP contribution in [0, 0.1) is 0 Å². The lowest BCUT2D eigenvalue weighted by molar-refractivity contribution is 0.0517. The van der Waals surface area contributed by atoms with Gasteiger partial charge in [0.05, 0.1) is 5.75 Å². The monoisotopic (exact) mass is 379 g/mol. The molecule has 0 atom stereocenters. The van der Waals surface area contributed by atoms with Gasteiger partial charge in [-0.1, -0.05) is 54.1 Å². The fourth-order valence-electron chi connectivity index (χ4n) is 3.22. The molecule has 1 saturated heterocycles. The lowest BCUT2D eigenvalue weighted by Gasteiger charge is -2.37. The smallest absolute Gasteiger partial charge is 0.215 e. The molecule has 1 fully saturated rings. The fraction of sp³-hybridized carbons (Fsp3) is 0.368. The van der Waals surface area contributed by atoms with Gasteiger partial charge in [0.1, 0.15) is 0 Å². The lowest BCUT2D eigenvalue weighted by atomic mass is 9.74. The van der Waals surface area contributed by atoms with E-state index in [9.17, 15) is 8.42 Å². The highest BCUT2D eigenvalue weighted by Gasteiger charge is 2.35. The third kappa shape index (κ3) is 4.82. The van der Waals surface area contributed by atoms with Gasteiger partial charge in [-0.2, -0.15) is 0 Å². The average molecular weight is 380 g/mol. The number of rotatable bonds is 6. The molecular formula is C19H22ClNO3S. The van der Waals surface area contributed by atoms with Crippen LogP contribution in [-0.2, 0) is 25.9 Å². The second-order valence-corrected chi connectivity index (χ2v) is 8.71. The Balaban J connectivity index is 1.73. The lowest BCUT2D eigenvalue weighted by Crippen LogP contribution is -2.44. The van der Waals surface area contributed by atoms with E-state index in [1.807, 2.05) is 18.2 Å². The maximum absolute atomic E-state index is 12.5. The Bertz CT molecular complexity index is 785. The van der Waals surface area contributed by atoms with Crippen LogP contribution in [0.1, 0.15) is 24.0 Å². The molecule has 3 rings (SSSR count). The van der Waals surface area contributed by atoms with E-state index in [0.29, 0.717) is 24.8 Å². The standard InChI is InChI=1S/C19H22ClNO3S/c20-18-8-6-16(7-9-18)14-25(22,23)21-15-19(10-12-24-13-11-19)17-4-2-1-3-5-17/h1-9,21H,10-15H2. The highest BCUT2D eigenvalue weighted by Crippen LogP contribution is 2.34. The van der Waals surface area contributed by atoms with Crippen molar-refractivity contribution in [1.82, 2.24) is 4.72 Å². The van der Waals surface area contributed by atoms with Gasteiger partial charge in [-0.15, -0.1) is 0 Å². The van der Waals surface area contributed by atoms with E-state index in [2.05, 4.69) is 16.9 Å². The fourth-order valence-corrected chi connectivity index (χ4v) is 4.58. The van der Waals surface area contributed by atoms with E-state index in [0.717, 1.165) is 24.0 Å². The SMILES string of the molecule is O=S(=O)(Cc1ccc(Cl)cc1)NCC1(c2ccccc2)CCOCC1. The van der Waals surface area contributed by atoms with Crippen molar-refractivity contribution in [2.45, 2.75) is 24.0 Å². The Kier molecular flexibility index (Phi) is 5.79. The van der Waals surface area contributed by atoms with Crippen LogP contribution in [0.15, 0.2) is 54.6 Å². The molecule has 0 spiro atoms. The number of hydrogen-bond donors (Lipinski definition) is 1. The molecule has 25 heavy (non-hydrogen) atoms. The van der Waals surface area contributed by atoms with Gasteiger partial charge in [0, 0.05) is 30.2 Å². The van der Waals surface area contributed by atoms with E-state index in [1.165, 1.54) is 0 Å². The third-order valence-corrected chi connectivity index (χ3v) is 6.29. The summed E-state index contributed by atoms with van der Waals surface area (Å²) in [7, 11) is -3.43. The highest BCUT2D eigenvalue weighted by molar-refractivity contribution is 7.88. The van der Waals surface area contributed by atoms with Gasteiger partial charge in [-0.3, -0.25) is 0 Å². The minimum absolute atomic E-state index is 0.0501. The predicted molar refractivity (Wildman–Crippen MR) is 100 cm³/mol.